The third-order valence-corrected chi connectivity index (χ3v) is 4.97. The van der Waals surface area contributed by atoms with E-state index in [0.717, 1.165) is 11.1 Å². The second-order valence-corrected chi connectivity index (χ2v) is 7.04. The summed E-state index contributed by atoms with van der Waals surface area (Å²) in [4.78, 5) is 14.2. The highest BCUT2D eigenvalue weighted by atomic mass is 16.4. The summed E-state index contributed by atoms with van der Waals surface area (Å²) >= 11 is 0. The fraction of sp³-hybridized carbons (Fsp3) is 0.286. The number of benzene rings is 2. The summed E-state index contributed by atoms with van der Waals surface area (Å²) < 4.78 is 5.76. The summed E-state index contributed by atoms with van der Waals surface area (Å²) in [6, 6.07) is 14.3. The molecular formula is C21H21N3O4. The second kappa shape index (κ2) is 7.53. The summed E-state index contributed by atoms with van der Waals surface area (Å²) in [5, 5.41) is 27.4. The van der Waals surface area contributed by atoms with Crippen LogP contribution in [0.5, 0.6) is 0 Å². The third kappa shape index (κ3) is 3.54. The van der Waals surface area contributed by atoms with E-state index in [1.807, 2.05) is 31.2 Å². The monoisotopic (exact) mass is 379 g/mol. The standard InChI is InChI=1S/C21H21N3O4/c1-13-2-4-14(5-3-13)19-22-23-20(28-19)15-6-8-16(9-7-15)21(27)24-11-18(26)10-17(24)12-25/h2-9,17-18,25-26H,10-12H2,1H3/t17-,18-/m1/s1. The number of aryl methyl sites for hydroxylation is 1. The van der Waals surface area contributed by atoms with Crippen LogP contribution >= 0.6 is 0 Å². The van der Waals surface area contributed by atoms with E-state index in [1.165, 1.54) is 4.90 Å². The van der Waals surface area contributed by atoms with Crippen molar-refractivity contribution < 1.29 is 19.4 Å². The van der Waals surface area contributed by atoms with E-state index in [1.54, 1.807) is 24.3 Å². The first kappa shape index (κ1) is 18.3. The van der Waals surface area contributed by atoms with Crippen LogP contribution in [0.3, 0.4) is 0 Å². The molecule has 1 fully saturated rings. The number of aliphatic hydroxyl groups excluding tert-OH is 2. The molecular weight excluding hydrogens is 358 g/mol. The Morgan fingerprint density at radius 2 is 1.64 bits per heavy atom. The molecule has 0 unspecified atom stereocenters. The minimum Gasteiger partial charge on any atom is -0.416 e. The molecule has 0 spiro atoms. The molecule has 0 saturated carbocycles. The molecule has 4 rings (SSSR count). The molecule has 1 aliphatic rings. The minimum absolute atomic E-state index is 0.162. The molecule has 7 heteroatoms. The van der Waals surface area contributed by atoms with Crippen molar-refractivity contribution in [1.29, 1.82) is 0 Å². The average Bonchev–Trinajstić information content (AvgIpc) is 3.35. The van der Waals surface area contributed by atoms with Crippen molar-refractivity contribution in [3.05, 3.63) is 59.7 Å². The Morgan fingerprint density at radius 1 is 1.07 bits per heavy atom. The van der Waals surface area contributed by atoms with Gasteiger partial charge in [0, 0.05) is 23.2 Å². The SMILES string of the molecule is Cc1ccc(-c2nnc(-c3ccc(C(=O)N4C[C@H](O)C[C@@H]4CO)cc3)o2)cc1. The number of β-amino-alcohol motifs (C(OH)–C–C–N with tert-alkyl or cyclic N) is 1. The van der Waals surface area contributed by atoms with Crippen molar-refractivity contribution in [2.75, 3.05) is 13.2 Å². The average molecular weight is 379 g/mol. The van der Waals surface area contributed by atoms with Gasteiger partial charge >= 0.3 is 0 Å². The molecule has 1 aliphatic heterocycles. The number of likely N-dealkylation sites (tertiary alicyclic amines) is 1. The van der Waals surface area contributed by atoms with Crippen LogP contribution in [0.2, 0.25) is 0 Å². The van der Waals surface area contributed by atoms with Crippen LogP contribution in [0.15, 0.2) is 52.9 Å². The minimum atomic E-state index is -0.598. The number of rotatable bonds is 4. The first-order chi connectivity index (χ1) is 13.5. The number of carbonyl (C=O) groups is 1. The van der Waals surface area contributed by atoms with Crippen molar-refractivity contribution in [3.63, 3.8) is 0 Å². The molecule has 7 nitrogen and oxygen atoms in total. The number of amides is 1. The molecule has 2 atom stereocenters. The molecule has 2 N–H and O–H groups in total. The summed E-state index contributed by atoms with van der Waals surface area (Å²) in [5.74, 6) is 0.597. The smallest absolute Gasteiger partial charge is 0.254 e. The van der Waals surface area contributed by atoms with E-state index in [2.05, 4.69) is 10.2 Å². The van der Waals surface area contributed by atoms with Gasteiger partial charge in [-0.05, 0) is 49.7 Å². The van der Waals surface area contributed by atoms with E-state index in [4.69, 9.17) is 4.42 Å². The van der Waals surface area contributed by atoms with Crippen molar-refractivity contribution in [3.8, 4) is 22.9 Å². The van der Waals surface area contributed by atoms with Crippen molar-refractivity contribution in [2.24, 2.45) is 0 Å². The molecule has 144 valence electrons. The first-order valence-electron chi connectivity index (χ1n) is 9.16. The van der Waals surface area contributed by atoms with Crippen molar-refractivity contribution >= 4 is 5.91 Å². The normalized spacial score (nSPS) is 19.2. The molecule has 3 aromatic rings. The third-order valence-electron chi connectivity index (χ3n) is 4.97. The lowest BCUT2D eigenvalue weighted by Crippen LogP contribution is -2.37. The van der Waals surface area contributed by atoms with Crippen LogP contribution < -0.4 is 0 Å². The lowest BCUT2D eigenvalue weighted by Gasteiger charge is -2.22. The largest absolute Gasteiger partial charge is 0.416 e. The highest BCUT2D eigenvalue weighted by Crippen LogP contribution is 2.25. The van der Waals surface area contributed by atoms with Crippen LogP contribution in [0, 0.1) is 6.92 Å². The molecule has 2 aromatic carbocycles. The topological polar surface area (TPSA) is 99.7 Å². The Bertz CT molecular complexity index is 966. The number of aliphatic hydroxyl groups is 2. The van der Waals surface area contributed by atoms with Crippen LogP contribution in [0.4, 0.5) is 0 Å². The molecule has 0 aliphatic carbocycles. The van der Waals surface area contributed by atoms with Gasteiger partial charge in [0.25, 0.3) is 5.91 Å². The van der Waals surface area contributed by atoms with Crippen LogP contribution in [0.25, 0.3) is 22.9 Å². The number of carbonyl (C=O) groups excluding carboxylic acids is 1. The molecule has 1 saturated heterocycles. The van der Waals surface area contributed by atoms with Gasteiger partial charge in [-0.2, -0.15) is 0 Å². The van der Waals surface area contributed by atoms with E-state index in [-0.39, 0.29) is 25.1 Å². The van der Waals surface area contributed by atoms with Gasteiger partial charge in [-0.1, -0.05) is 17.7 Å². The van der Waals surface area contributed by atoms with E-state index < -0.39 is 6.10 Å². The maximum Gasteiger partial charge on any atom is 0.254 e. The Balaban J connectivity index is 1.52. The van der Waals surface area contributed by atoms with Gasteiger partial charge in [-0.15, -0.1) is 10.2 Å². The zero-order valence-electron chi connectivity index (χ0n) is 15.4. The fourth-order valence-corrected chi connectivity index (χ4v) is 3.39. The predicted octanol–water partition coefficient (Wildman–Crippen LogP) is 2.28. The molecule has 0 radical (unpaired) electrons. The Hall–Kier alpha value is -3.03. The van der Waals surface area contributed by atoms with Gasteiger partial charge in [0.05, 0.1) is 18.8 Å². The molecule has 2 heterocycles. The van der Waals surface area contributed by atoms with Gasteiger partial charge in [0.15, 0.2) is 0 Å². The fourth-order valence-electron chi connectivity index (χ4n) is 3.39. The molecule has 1 aromatic heterocycles. The Labute approximate surface area is 162 Å². The van der Waals surface area contributed by atoms with E-state index in [9.17, 15) is 15.0 Å². The zero-order chi connectivity index (χ0) is 19.7. The van der Waals surface area contributed by atoms with Gasteiger partial charge in [-0.25, -0.2) is 0 Å². The van der Waals surface area contributed by atoms with E-state index >= 15 is 0 Å². The first-order valence-corrected chi connectivity index (χ1v) is 9.16. The molecule has 1 amide bonds. The number of nitrogens with zero attached hydrogens (tertiary/aromatic N) is 3. The highest BCUT2D eigenvalue weighted by Gasteiger charge is 2.34. The predicted molar refractivity (Wildman–Crippen MR) is 102 cm³/mol. The molecule has 0 bridgehead atoms. The quantitative estimate of drug-likeness (QED) is 0.721. The van der Waals surface area contributed by atoms with Gasteiger partial charge in [-0.3, -0.25) is 4.79 Å². The number of hydrogen-bond donors (Lipinski definition) is 2. The van der Waals surface area contributed by atoms with Gasteiger partial charge in [0.2, 0.25) is 11.8 Å². The Morgan fingerprint density at radius 3 is 2.21 bits per heavy atom. The highest BCUT2D eigenvalue weighted by molar-refractivity contribution is 5.95. The van der Waals surface area contributed by atoms with Crippen LogP contribution in [-0.2, 0) is 0 Å². The van der Waals surface area contributed by atoms with Gasteiger partial charge < -0.3 is 19.5 Å². The van der Waals surface area contributed by atoms with Crippen molar-refractivity contribution in [2.45, 2.75) is 25.5 Å². The number of aromatic nitrogens is 2. The summed E-state index contributed by atoms with van der Waals surface area (Å²) in [6.07, 6.45) is -0.205. The summed E-state index contributed by atoms with van der Waals surface area (Å²) in [6.45, 7) is 2.08. The molecule has 28 heavy (non-hydrogen) atoms. The summed E-state index contributed by atoms with van der Waals surface area (Å²) in [5.41, 5.74) is 3.19. The summed E-state index contributed by atoms with van der Waals surface area (Å²) in [7, 11) is 0. The van der Waals surface area contributed by atoms with Crippen LogP contribution in [0.1, 0.15) is 22.3 Å². The lowest BCUT2D eigenvalue weighted by atomic mass is 10.1. The van der Waals surface area contributed by atoms with Gasteiger partial charge in [0.1, 0.15) is 0 Å². The number of hydrogen-bond acceptors (Lipinski definition) is 6. The van der Waals surface area contributed by atoms with Crippen LogP contribution in [-0.4, -0.2) is 56.5 Å². The maximum absolute atomic E-state index is 12.7. The zero-order valence-corrected chi connectivity index (χ0v) is 15.4. The van der Waals surface area contributed by atoms with Crippen molar-refractivity contribution in [1.82, 2.24) is 15.1 Å². The second-order valence-electron chi connectivity index (χ2n) is 7.04. The van der Waals surface area contributed by atoms with E-state index in [0.29, 0.717) is 29.3 Å². The maximum atomic E-state index is 12.7. The lowest BCUT2D eigenvalue weighted by molar-refractivity contribution is 0.0665. The Kier molecular flexibility index (Phi) is 4.93.